The lowest BCUT2D eigenvalue weighted by molar-refractivity contribution is 0.631. The van der Waals surface area contributed by atoms with Gasteiger partial charge in [0.2, 0.25) is 0 Å². The standard InChI is InChI=1S/C13H8ClFN2/c14-10-2-1-3-11(7-10)17-13-5-4-9(8-16)6-12(13)15/h1-7,17H. The zero-order valence-electron chi connectivity index (χ0n) is 8.74. The molecule has 1 N–H and O–H groups in total. The Morgan fingerprint density at radius 1 is 1.18 bits per heavy atom. The number of nitrogens with one attached hydrogen (secondary N) is 1. The molecule has 0 amide bonds. The van der Waals surface area contributed by atoms with Crippen molar-refractivity contribution in [2.24, 2.45) is 0 Å². The van der Waals surface area contributed by atoms with Crippen LogP contribution < -0.4 is 5.32 Å². The summed E-state index contributed by atoms with van der Waals surface area (Å²) in [6.07, 6.45) is 0. The largest absolute Gasteiger partial charge is 0.353 e. The topological polar surface area (TPSA) is 35.8 Å². The third-order valence-electron chi connectivity index (χ3n) is 2.20. The molecule has 0 aromatic heterocycles. The fourth-order valence-corrected chi connectivity index (χ4v) is 1.60. The molecule has 2 aromatic rings. The van der Waals surface area contributed by atoms with Crippen LogP contribution in [0.1, 0.15) is 5.56 Å². The number of nitriles is 1. The van der Waals surface area contributed by atoms with Crippen LogP contribution in [0, 0.1) is 17.1 Å². The number of anilines is 2. The van der Waals surface area contributed by atoms with Gasteiger partial charge in [0.25, 0.3) is 0 Å². The maximum atomic E-state index is 13.6. The van der Waals surface area contributed by atoms with Gasteiger partial charge in [-0.15, -0.1) is 0 Å². The van der Waals surface area contributed by atoms with E-state index < -0.39 is 5.82 Å². The first-order chi connectivity index (χ1) is 8.19. The van der Waals surface area contributed by atoms with Crippen molar-refractivity contribution in [3.05, 3.63) is 58.9 Å². The molecule has 0 saturated carbocycles. The van der Waals surface area contributed by atoms with Crippen LogP contribution in [0.25, 0.3) is 0 Å². The SMILES string of the molecule is N#Cc1ccc(Nc2cccc(Cl)c2)c(F)c1. The van der Waals surface area contributed by atoms with Crippen molar-refractivity contribution in [3.8, 4) is 6.07 Å². The number of benzene rings is 2. The highest BCUT2D eigenvalue weighted by Gasteiger charge is 2.03. The van der Waals surface area contributed by atoms with Gasteiger partial charge in [-0.05, 0) is 36.4 Å². The zero-order valence-corrected chi connectivity index (χ0v) is 9.50. The molecule has 0 aliphatic carbocycles. The van der Waals surface area contributed by atoms with Gasteiger partial charge in [-0.2, -0.15) is 5.26 Å². The van der Waals surface area contributed by atoms with Gasteiger partial charge in [-0.3, -0.25) is 0 Å². The highest BCUT2D eigenvalue weighted by molar-refractivity contribution is 6.30. The van der Waals surface area contributed by atoms with Gasteiger partial charge in [-0.1, -0.05) is 17.7 Å². The highest BCUT2D eigenvalue weighted by Crippen LogP contribution is 2.22. The molecule has 0 heterocycles. The van der Waals surface area contributed by atoms with Crippen molar-refractivity contribution >= 4 is 23.0 Å². The summed E-state index contributed by atoms with van der Waals surface area (Å²) in [6, 6.07) is 13.1. The molecule has 0 atom stereocenters. The first-order valence-corrected chi connectivity index (χ1v) is 5.29. The van der Waals surface area contributed by atoms with Gasteiger partial charge in [0.1, 0.15) is 5.82 Å². The van der Waals surface area contributed by atoms with Gasteiger partial charge in [0.05, 0.1) is 17.3 Å². The molecular formula is C13H8ClFN2. The summed E-state index contributed by atoms with van der Waals surface area (Å²) >= 11 is 5.82. The Morgan fingerprint density at radius 3 is 2.65 bits per heavy atom. The average molecular weight is 247 g/mol. The van der Waals surface area contributed by atoms with Crippen molar-refractivity contribution in [2.45, 2.75) is 0 Å². The lowest BCUT2D eigenvalue weighted by Gasteiger charge is -2.07. The fourth-order valence-electron chi connectivity index (χ4n) is 1.41. The van der Waals surface area contributed by atoms with Crippen LogP contribution in [0.2, 0.25) is 5.02 Å². The second kappa shape index (κ2) is 4.86. The van der Waals surface area contributed by atoms with Crippen LogP contribution in [-0.4, -0.2) is 0 Å². The molecule has 17 heavy (non-hydrogen) atoms. The number of nitrogens with zero attached hydrogens (tertiary/aromatic N) is 1. The molecule has 0 aliphatic rings. The second-order valence-corrected chi connectivity index (χ2v) is 3.88. The fraction of sp³-hybridized carbons (Fsp3) is 0. The van der Waals surface area contributed by atoms with Gasteiger partial charge in [0.15, 0.2) is 0 Å². The molecule has 0 bridgehead atoms. The van der Waals surface area contributed by atoms with Gasteiger partial charge in [-0.25, -0.2) is 4.39 Å². The van der Waals surface area contributed by atoms with E-state index in [0.717, 1.165) is 0 Å². The molecule has 4 heteroatoms. The third-order valence-corrected chi connectivity index (χ3v) is 2.44. The molecule has 84 valence electrons. The first-order valence-electron chi connectivity index (χ1n) is 4.91. The van der Waals surface area contributed by atoms with Crippen LogP contribution in [0.5, 0.6) is 0 Å². The number of hydrogen-bond acceptors (Lipinski definition) is 2. The van der Waals surface area contributed by atoms with Gasteiger partial charge < -0.3 is 5.32 Å². The Balaban J connectivity index is 2.28. The quantitative estimate of drug-likeness (QED) is 0.866. The monoisotopic (exact) mass is 246 g/mol. The van der Waals surface area contributed by atoms with E-state index in [1.54, 1.807) is 30.3 Å². The van der Waals surface area contributed by atoms with Crippen molar-refractivity contribution in [3.63, 3.8) is 0 Å². The minimum atomic E-state index is -0.468. The Hall–Kier alpha value is -2.05. The van der Waals surface area contributed by atoms with E-state index in [0.29, 0.717) is 22.0 Å². The second-order valence-electron chi connectivity index (χ2n) is 3.44. The van der Waals surface area contributed by atoms with Crippen LogP contribution >= 0.6 is 11.6 Å². The molecule has 0 saturated heterocycles. The number of hydrogen-bond donors (Lipinski definition) is 1. The molecular weight excluding hydrogens is 239 g/mol. The normalized spacial score (nSPS) is 9.71. The predicted molar refractivity (Wildman–Crippen MR) is 65.8 cm³/mol. The summed E-state index contributed by atoms with van der Waals surface area (Å²) in [5, 5.41) is 12.1. The van der Waals surface area contributed by atoms with E-state index in [9.17, 15) is 4.39 Å². The molecule has 2 rings (SSSR count). The van der Waals surface area contributed by atoms with Crippen molar-refractivity contribution in [1.29, 1.82) is 5.26 Å². The summed E-state index contributed by atoms with van der Waals surface area (Å²) in [4.78, 5) is 0. The maximum Gasteiger partial charge on any atom is 0.147 e. The van der Waals surface area contributed by atoms with Crippen LogP contribution in [0.15, 0.2) is 42.5 Å². The Kier molecular flexibility index (Phi) is 3.27. The van der Waals surface area contributed by atoms with Crippen molar-refractivity contribution in [1.82, 2.24) is 0 Å². The number of rotatable bonds is 2. The summed E-state index contributed by atoms with van der Waals surface area (Å²) in [5.74, 6) is -0.468. The molecule has 0 unspecified atom stereocenters. The molecule has 0 spiro atoms. The summed E-state index contributed by atoms with van der Waals surface area (Å²) in [7, 11) is 0. The van der Waals surface area contributed by atoms with Crippen molar-refractivity contribution < 1.29 is 4.39 Å². The lowest BCUT2D eigenvalue weighted by atomic mass is 10.2. The van der Waals surface area contributed by atoms with Crippen molar-refractivity contribution in [2.75, 3.05) is 5.32 Å². The Morgan fingerprint density at radius 2 is 2.00 bits per heavy atom. The predicted octanol–water partition coefficient (Wildman–Crippen LogP) is 4.09. The minimum Gasteiger partial charge on any atom is -0.353 e. The molecule has 2 aromatic carbocycles. The molecule has 0 fully saturated rings. The summed E-state index contributed by atoms with van der Waals surface area (Å²) < 4.78 is 13.6. The Bertz CT molecular complexity index is 590. The summed E-state index contributed by atoms with van der Waals surface area (Å²) in [6.45, 7) is 0. The average Bonchev–Trinajstić information content (AvgIpc) is 2.32. The smallest absolute Gasteiger partial charge is 0.147 e. The molecule has 0 aliphatic heterocycles. The van der Waals surface area contributed by atoms with E-state index in [2.05, 4.69) is 5.32 Å². The molecule has 2 nitrogen and oxygen atoms in total. The van der Waals surface area contributed by atoms with E-state index in [4.69, 9.17) is 16.9 Å². The summed E-state index contributed by atoms with van der Waals surface area (Å²) in [5.41, 5.74) is 1.30. The first kappa shape index (κ1) is 11.4. The van der Waals surface area contributed by atoms with E-state index in [1.165, 1.54) is 12.1 Å². The zero-order chi connectivity index (χ0) is 12.3. The van der Waals surface area contributed by atoms with E-state index >= 15 is 0 Å². The van der Waals surface area contributed by atoms with E-state index in [-0.39, 0.29) is 0 Å². The van der Waals surface area contributed by atoms with Crippen LogP contribution in [0.4, 0.5) is 15.8 Å². The molecule has 0 radical (unpaired) electrons. The third kappa shape index (κ3) is 2.74. The maximum absolute atomic E-state index is 13.6. The minimum absolute atomic E-state index is 0.291. The number of halogens is 2. The highest BCUT2D eigenvalue weighted by atomic mass is 35.5. The van der Waals surface area contributed by atoms with Gasteiger partial charge >= 0.3 is 0 Å². The van der Waals surface area contributed by atoms with Crippen LogP contribution in [-0.2, 0) is 0 Å². The lowest BCUT2D eigenvalue weighted by Crippen LogP contribution is -1.94. The Labute approximate surface area is 103 Å². The van der Waals surface area contributed by atoms with Gasteiger partial charge in [0, 0.05) is 10.7 Å². The van der Waals surface area contributed by atoms with Crippen LogP contribution in [0.3, 0.4) is 0 Å². The van der Waals surface area contributed by atoms with E-state index in [1.807, 2.05) is 6.07 Å².